The Kier molecular flexibility index (Phi) is 7.97. The van der Waals surface area contributed by atoms with Crippen LogP contribution in [-0.2, 0) is 22.6 Å². The Hall–Kier alpha value is -3.10. The van der Waals surface area contributed by atoms with Crippen LogP contribution in [0.2, 0.25) is 0 Å². The molecule has 0 spiro atoms. The number of rotatable bonds is 10. The highest BCUT2D eigenvalue weighted by Gasteiger charge is 2.55. The van der Waals surface area contributed by atoms with Gasteiger partial charge in [-0.1, -0.05) is 48.2 Å². The lowest BCUT2D eigenvalue weighted by Crippen LogP contribution is -2.57. The minimum atomic E-state index is -0.358. The van der Waals surface area contributed by atoms with Crippen molar-refractivity contribution in [1.82, 2.24) is 10.4 Å². The van der Waals surface area contributed by atoms with E-state index in [-0.39, 0.29) is 17.2 Å². The summed E-state index contributed by atoms with van der Waals surface area (Å²) in [4.78, 5) is 27.6. The summed E-state index contributed by atoms with van der Waals surface area (Å²) in [5.74, 6) is 2.86. The molecule has 2 aromatic rings. The molecule has 5 fully saturated rings. The number of benzene rings is 2. The van der Waals surface area contributed by atoms with E-state index in [0.717, 1.165) is 36.0 Å². The molecule has 1 heterocycles. The van der Waals surface area contributed by atoms with Gasteiger partial charge in [-0.3, -0.25) is 15.0 Å². The van der Waals surface area contributed by atoms with Crippen molar-refractivity contribution in [3.63, 3.8) is 0 Å². The van der Waals surface area contributed by atoms with Crippen molar-refractivity contribution in [3.05, 3.63) is 76.7 Å². The van der Waals surface area contributed by atoms with Gasteiger partial charge < -0.3 is 9.47 Å². The van der Waals surface area contributed by atoms with E-state index < -0.39 is 0 Å². The van der Waals surface area contributed by atoms with E-state index in [1.807, 2.05) is 61.5 Å². The van der Waals surface area contributed by atoms with Gasteiger partial charge in [0.15, 0.2) is 15.8 Å². The Morgan fingerprint density at radius 3 is 2.44 bits per heavy atom. The SMILES string of the molecule is C=CCc1cc(/C=C2\SC(=S)N(NC(=O)C34CC5CC(CC(C5)C3)C4)C2=O)cc(OCC)c1OCc1ccccc1. The summed E-state index contributed by atoms with van der Waals surface area (Å²) < 4.78 is 12.6. The van der Waals surface area contributed by atoms with E-state index in [9.17, 15) is 9.59 Å². The molecule has 41 heavy (non-hydrogen) atoms. The summed E-state index contributed by atoms with van der Waals surface area (Å²) in [5.41, 5.74) is 5.35. The quantitative estimate of drug-likeness (QED) is 0.186. The minimum Gasteiger partial charge on any atom is -0.490 e. The van der Waals surface area contributed by atoms with E-state index in [0.29, 0.717) is 58.1 Å². The number of thioether (sulfide) groups is 1. The second kappa shape index (κ2) is 11.6. The van der Waals surface area contributed by atoms with Gasteiger partial charge in [0.2, 0.25) is 5.91 Å². The van der Waals surface area contributed by atoms with Crippen molar-refractivity contribution >= 4 is 46.2 Å². The van der Waals surface area contributed by atoms with Crippen molar-refractivity contribution < 1.29 is 19.1 Å². The second-order valence-corrected chi connectivity index (χ2v) is 13.5. The van der Waals surface area contributed by atoms with Crippen LogP contribution in [0.5, 0.6) is 11.5 Å². The van der Waals surface area contributed by atoms with E-state index in [1.165, 1.54) is 36.0 Å². The highest BCUT2D eigenvalue weighted by Crippen LogP contribution is 2.60. The van der Waals surface area contributed by atoms with Gasteiger partial charge >= 0.3 is 0 Å². The molecule has 2 amide bonds. The van der Waals surface area contributed by atoms with Crippen molar-refractivity contribution in [2.75, 3.05) is 6.61 Å². The lowest BCUT2D eigenvalue weighted by Gasteiger charge is -2.55. The predicted octanol–water partition coefficient (Wildman–Crippen LogP) is 6.84. The predicted molar refractivity (Wildman–Crippen MR) is 166 cm³/mol. The summed E-state index contributed by atoms with van der Waals surface area (Å²) in [6.45, 7) is 6.72. The zero-order valence-corrected chi connectivity index (χ0v) is 25.0. The maximum absolute atomic E-state index is 13.6. The summed E-state index contributed by atoms with van der Waals surface area (Å²) in [6, 6.07) is 13.9. The number of nitrogens with one attached hydrogen (secondary N) is 1. The van der Waals surface area contributed by atoms with Gasteiger partial charge in [0.25, 0.3) is 5.91 Å². The first kappa shape index (κ1) is 28.0. The molecule has 6 nitrogen and oxygen atoms in total. The lowest BCUT2D eigenvalue weighted by molar-refractivity contribution is -0.152. The fourth-order valence-corrected chi connectivity index (χ4v) is 8.73. The highest BCUT2D eigenvalue weighted by atomic mass is 32.2. The number of carbonyl (C=O) groups excluding carboxylic acids is 2. The first-order chi connectivity index (χ1) is 19.9. The Balaban J connectivity index is 1.22. The molecule has 0 unspecified atom stereocenters. The normalized spacial score (nSPS) is 27.4. The number of carbonyl (C=O) groups is 2. The van der Waals surface area contributed by atoms with Gasteiger partial charge in [-0.15, -0.1) is 6.58 Å². The summed E-state index contributed by atoms with van der Waals surface area (Å²) in [6.07, 6.45) is 10.8. The second-order valence-electron chi connectivity index (χ2n) is 11.9. The highest BCUT2D eigenvalue weighted by molar-refractivity contribution is 8.26. The zero-order chi connectivity index (χ0) is 28.6. The third kappa shape index (κ3) is 5.69. The molecule has 4 saturated carbocycles. The number of hydrogen-bond acceptors (Lipinski definition) is 6. The van der Waals surface area contributed by atoms with Crippen LogP contribution in [-0.4, -0.2) is 27.8 Å². The Morgan fingerprint density at radius 1 is 1.12 bits per heavy atom. The average Bonchev–Trinajstić information content (AvgIpc) is 3.20. The van der Waals surface area contributed by atoms with Crippen LogP contribution in [0.15, 0.2) is 60.0 Å². The van der Waals surface area contributed by atoms with Crippen LogP contribution in [0, 0.1) is 23.2 Å². The molecule has 8 heteroatoms. The molecular formula is C33H36N2O4S2. The fourth-order valence-electron chi connectivity index (χ4n) is 7.55. The maximum atomic E-state index is 13.6. The van der Waals surface area contributed by atoms with Gasteiger partial charge in [0.1, 0.15) is 6.61 Å². The molecule has 4 aliphatic carbocycles. The van der Waals surface area contributed by atoms with Crippen molar-refractivity contribution in [1.29, 1.82) is 0 Å². The number of amides is 2. The molecule has 7 rings (SSSR count). The number of hydrogen-bond donors (Lipinski definition) is 1. The van der Waals surface area contributed by atoms with Gasteiger partial charge in [0.05, 0.1) is 16.9 Å². The first-order valence-corrected chi connectivity index (χ1v) is 15.8. The molecule has 0 atom stereocenters. The lowest BCUT2D eigenvalue weighted by atomic mass is 9.49. The molecule has 214 valence electrons. The molecule has 5 aliphatic rings. The number of thiocarbonyl (C=S) groups is 1. The maximum Gasteiger partial charge on any atom is 0.285 e. The standard InChI is InChI=1S/C33H36N2O4S2/c1-3-8-26-14-22(15-27(38-4-2)29(26)39-20-21-9-6-5-7-10-21)16-28-30(36)35(32(40)41-28)34-31(37)33-17-23-11-24(18-33)13-25(12-23)19-33/h3,5-7,9-10,14-16,23-25H,1,4,8,11-13,17-20H2,2H3,(H,34,37)/b28-16-. The fraction of sp³-hybridized carbons (Fsp3) is 0.424. The molecule has 1 aliphatic heterocycles. The minimum absolute atomic E-state index is 0.0408. The van der Waals surface area contributed by atoms with Crippen LogP contribution in [0.3, 0.4) is 0 Å². The van der Waals surface area contributed by atoms with Crippen molar-refractivity contribution in [3.8, 4) is 11.5 Å². The van der Waals surface area contributed by atoms with E-state index >= 15 is 0 Å². The monoisotopic (exact) mass is 588 g/mol. The number of ether oxygens (including phenoxy) is 2. The molecule has 0 aromatic heterocycles. The van der Waals surface area contributed by atoms with Gasteiger partial charge in [-0.2, -0.15) is 5.01 Å². The number of hydrazine groups is 1. The van der Waals surface area contributed by atoms with Crippen LogP contribution >= 0.6 is 24.0 Å². The Morgan fingerprint density at radius 2 is 1.80 bits per heavy atom. The molecule has 1 saturated heterocycles. The summed E-state index contributed by atoms with van der Waals surface area (Å²) in [5, 5.41) is 1.28. The third-order valence-electron chi connectivity index (χ3n) is 8.87. The number of nitrogens with zero attached hydrogens (tertiary/aromatic N) is 1. The Labute approximate surface area is 251 Å². The third-order valence-corrected chi connectivity index (χ3v) is 10.2. The van der Waals surface area contributed by atoms with E-state index in [1.54, 1.807) is 0 Å². The van der Waals surface area contributed by atoms with Gasteiger partial charge in [0, 0.05) is 5.56 Å². The average molecular weight is 589 g/mol. The van der Waals surface area contributed by atoms with Crippen LogP contribution in [0.1, 0.15) is 62.1 Å². The first-order valence-electron chi connectivity index (χ1n) is 14.5. The van der Waals surface area contributed by atoms with Crippen LogP contribution in [0.25, 0.3) is 6.08 Å². The molecule has 1 N–H and O–H groups in total. The summed E-state index contributed by atoms with van der Waals surface area (Å²) in [7, 11) is 0. The smallest absolute Gasteiger partial charge is 0.285 e. The number of allylic oxidation sites excluding steroid dienone is 1. The largest absolute Gasteiger partial charge is 0.490 e. The van der Waals surface area contributed by atoms with Crippen LogP contribution < -0.4 is 14.9 Å². The van der Waals surface area contributed by atoms with Crippen molar-refractivity contribution in [2.45, 2.75) is 58.5 Å². The van der Waals surface area contributed by atoms with E-state index in [2.05, 4.69) is 12.0 Å². The van der Waals surface area contributed by atoms with Gasteiger partial charge in [-0.25, -0.2) is 0 Å². The molecule has 4 bridgehead atoms. The van der Waals surface area contributed by atoms with Crippen LogP contribution in [0.4, 0.5) is 0 Å². The Bertz CT molecular complexity index is 1370. The zero-order valence-electron chi connectivity index (χ0n) is 23.4. The topological polar surface area (TPSA) is 67.9 Å². The van der Waals surface area contributed by atoms with Gasteiger partial charge in [-0.05, 0) is 111 Å². The molecular weight excluding hydrogens is 553 g/mol. The molecule has 2 aromatic carbocycles. The van der Waals surface area contributed by atoms with Crippen molar-refractivity contribution in [2.24, 2.45) is 23.2 Å². The summed E-state index contributed by atoms with van der Waals surface area (Å²) >= 11 is 6.77. The van der Waals surface area contributed by atoms with E-state index in [4.69, 9.17) is 21.7 Å². The molecule has 0 radical (unpaired) electrons.